The van der Waals surface area contributed by atoms with Crippen LogP contribution >= 0.6 is 0 Å². The summed E-state index contributed by atoms with van der Waals surface area (Å²) in [4.78, 5) is 16.6. The van der Waals surface area contributed by atoms with Crippen molar-refractivity contribution in [2.75, 3.05) is 0 Å². The molecule has 30 heavy (non-hydrogen) atoms. The number of hydrogen-bond donors (Lipinski definition) is 0. The molecule has 1 fully saturated rings. The van der Waals surface area contributed by atoms with Crippen molar-refractivity contribution in [2.45, 2.75) is 43.9 Å². The Hall–Kier alpha value is -3.07. The third-order valence-electron chi connectivity index (χ3n) is 6.00. The van der Waals surface area contributed by atoms with Crippen LogP contribution in [0.5, 0.6) is 0 Å². The van der Waals surface area contributed by atoms with Gasteiger partial charge in [-0.1, -0.05) is 31.0 Å². The molecule has 9 heteroatoms. The smallest absolute Gasteiger partial charge is 0.269 e. The van der Waals surface area contributed by atoms with Crippen molar-refractivity contribution in [1.29, 1.82) is 0 Å². The van der Waals surface area contributed by atoms with Crippen molar-refractivity contribution < 1.29 is 13.2 Å². The number of benzene rings is 1. The second-order valence-corrected chi connectivity index (χ2v) is 9.69. The Labute approximate surface area is 173 Å². The maximum atomic E-state index is 13.2. The van der Waals surface area contributed by atoms with Gasteiger partial charge in [-0.3, -0.25) is 9.20 Å². The number of hydrogen-bond acceptors (Lipinski definition) is 6. The summed E-state index contributed by atoms with van der Waals surface area (Å²) in [7, 11) is -3.80. The average Bonchev–Trinajstić information content (AvgIpc) is 3.43. The van der Waals surface area contributed by atoms with Gasteiger partial charge in [-0.05, 0) is 31.0 Å². The molecule has 1 aliphatic carbocycles. The first-order valence-corrected chi connectivity index (χ1v) is 11.4. The molecule has 1 saturated carbocycles. The molecule has 0 aliphatic heterocycles. The van der Waals surface area contributed by atoms with Gasteiger partial charge in [0.1, 0.15) is 11.6 Å². The first kappa shape index (κ1) is 18.9. The lowest BCUT2D eigenvalue weighted by Crippen LogP contribution is -2.13. The van der Waals surface area contributed by atoms with E-state index in [1.165, 1.54) is 16.4 Å². The Balaban J connectivity index is 1.70. The van der Waals surface area contributed by atoms with Crippen molar-refractivity contribution in [3.63, 3.8) is 0 Å². The van der Waals surface area contributed by atoms with Gasteiger partial charge < -0.3 is 0 Å². The van der Waals surface area contributed by atoms with Gasteiger partial charge >= 0.3 is 0 Å². The predicted molar refractivity (Wildman–Crippen MR) is 111 cm³/mol. The third-order valence-corrected chi connectivity index (χ3v) is 7.68. The van der Waals surface area contributed by atoms with Gasteiger partial charge in [-0.25, -0.2) is 17.4 Å². The minimum atomic E-state index is -3.80. The summed E-state index contributed by atoms with van der Waals surface area (Å²) >= 11 is 0. The molecule has 4 aromatic rings. The fraction of sp³-hybridized carbons (Fsp3) is 0.333. The summed E-state index contributed by atoms with van der Waals surface area (Å²) in [5, 5.41) is 8.59. The molecule has 2 unspecified atom stereocenters. The lowest BCUT2D eigenvalue weighted by molar-refractivity contribution is -0.117. The van der Waals surface area contributed by atoms with Crippen LogP contribution < -0.4 is 0 Å². The molecule has 3 heterocycles. The average molecular weight is 423 g/mol. The number of fused-ring (bicyclic) bond motifs is 3. The minimum absolute atomic E-state index is 0.0276. The Morgan fingerprint density at radius 2 is 1.87 bits per heavy atom. The van der Waals surface area contributed by atoms with E-state index in [-0.39, 0.29) is 22.5 Å². The Kier molecular flexibility index (Phi) is 4.25. The molecule has 0 radical (unpaired) electrons. The van der Waals surface area contributed by atoms with E-state index in [4.69, 9.17) is 0 Å². The maximum absolute atomic E-state index is 13.2. The highest BCUT2D eigenvalue weighted by atomic mass is 32.2. The van der Waals surface area contributed by atoms with E-state index in [2.05, 4.69) is 22.1 Å². The highest BCUT2D eigenvalue weighted by molar-refractivity contribution is 7.90. The number of Topliss-reactive ketones (excluding diaryl/α,β-unsaturated/α-hetero) is 1. The highest BCUT2D eigenvalue weighted by Crippen LogP contribution is 2.39. The number of ketones is 1. The van der Waals surface area contributed by atoms with Gasteiger partial charge in [0.15, 0.2) is 11.3 Å². The molecule has 0 saturated heterocycles. The number of rotatable bonds is 4. The monoisotopic (exact) mass is 423 g/mol. The number of aromatic nitrogens is 5. The van der Waals surface area contributed by atoms with Crippen LogP contribution in [0.1, 0.15) is 43.5 Å². The summed E-state index contributed by atoms with van der Waals surface area (Å²) in [5.74, 6) is 1.11. The molecule has 3 aromatic heterocycles. The van der Waals surface area contributed by atoms with E-state index in [9.17, 15) is 13.2 Å². The van der Waals surface area contributed by atoms with Crippen LogP contribution in [0.15, 0.2) is 47.6 Å². The van der Waals surface area contributed by atoms with Crippen molar-refractivity contribution in [3.8, 4) is 0 Å². The van der Waals surface area contributed by atoms with Gasteiger partial charge in [-0.15, -0.1) is 10.2 Å². The highest BCUT2D eigenvalue weighted by Gasteiger charge is 2.36. The van der Waals surface area contributed by atoms with E-state index >= 15 is 0 Å². The normalized spacial score (nSPS) is 19.9. The molecule has 0 spiro atoms. The van der Waals surface area contributed by atoms with E-state index < -0.39 is 10.0 Å². The largest absolute Gasteiger partial charge is 0.300 e. The van der Waals surface area contributed by atoms with Crippen molar-refractivity contribution >= 4 is 32.6 Å². The maximum Gasteiger partial charge on any atom is 0.269 e. The standard InChI is InChI=1S/C21H21N5O3S/c1-3-14-10-15(27)11-17(14)20-24-23-19-12-22-21-18(26(19)20)8-9-25(21)30(28,29)16-6-4-13(2)5-7-16/h4-9,12,14,17H,3,10-11H2,1-2H3. The zero-order valence-corrected chi connectivity index (χ0v) is 17.5. The SMILES string of the molecule is CCC1CC(=O)CC1c1nnc2cnc3c(ccn3S(=O)(=O)c3ccc(C)cc3)n12. The van der Waals surface area contributed by atoms with Gasteiger partial charge in [0.05, 0.1) is 16.6 Å². The molecule has 154 valence electrons. The van der Waals surface area contributed by atoms with Crippen LogP contribution in [0.3, 0.4) is 0 Å². The second-order valence-electron chi connectivity index (χ2n) is 7.87. The fourth-order valence-electron chi connectivity index (χ4n) is 4.37. The number of carbonyl (C=O) groups excluding carboxylic acids is 1. The van der Waals surface area contributed by atoms with E-state index in [1.807, 2.05) is 11.3 Å². The van der Waals surface area contributed by atoms with Gasteiger partial charge in [0.2, 0.25) is 0 Å². The van der Waals surface area contributed by atoms with Crippen LogP contribution in [0.25, 0.3) is 16.8 Å². The van der Waals surface area contributed by atoms with Crippen molar-refractivity contribution in [1.82, 2.24) is 23.6 Å². The zero-order valence-electron chi connectivity index (χ0n) is 16.7. The molecule has 1 aliphatic rings. The minimum Gasteiger partial charge on any atom is -0.300 e. The predicted octanol–water partition coefficient (Wildman–Crippen LogP) is 3.10. The molecule has 2 atom stereocenters. The van der Waals surface area contributed by atoms with Crippen LogP contribution in [-0.2, 0) is 14.8 Å². The van der Waals surface area contributed by atoms with Gasteiger partial charge in [0.25, 0.3) is 10.0 Å². The topological polar surface area (TPSA) is 99.2 Å². The summed E-state index contributed by atoms with van der Waals surface area (Å²) in [5.41, 5.74) is 2.44. The van der Waals surface area contributed by atoms with E-state index in [0.717, 1.165) is 12.0 Å². The van der Waals surface area contributed by atoms with Crippen LogP contribution in [0.2, 0.25) is 0 Å². The lowest BCUT2D eigenvalue weighted by atomic mass is 9.93. The van der Waals surface area contributed by atoms with Crippen molar-refractivity contribution in [3.05, 3.63) is 54.1 Å². The lowest BCUT2D eigenvalue weighted by Gasteiger charge is -2.15. The van der Waals surface area contributed by atoms with E-state index in [1.54, 1.807) is 30.3 Å². The zero-order chi connectivity index (χ0) is 21.0. The Morgan fingerprint density at radius 3 is 2.60 bits per heavy atom. The van der Waals surface area contributed by atoms with Gasteiger partial charge in [0, 0.05) is 25.0 Å². The molecular weight excluding hydrogens is 402 g/mol. The molecular formula is C21H21N5O3S. The summed E-state index contributed by atoms with van der Waals surface area (Å²) in [6.45, 7) is 3.98. The molecule has 0 bridgehead atoms. The number of carbonyl (C=O) groups is 1. The molecule has 1 aromatic carbocycles. The van der Waals surface area contributed by atoms with Gasteiger partial charge in [-0.2, -0.15) is 0 Å². The van der Waals surface area contributed by atoms with Crippen LogP contribution in [0, 0.1) is 12.8 Å². The summed E-state index contributed by atoms with van der Waals surface area (Å²) in [6.07, 6.45) is 4.89. The van der Waals surface area contributed by atoms with Crippen LogP contribution in [-0.4, -0.2) is 37.8 Å². The summed E-state index contributed by atoms with van der Waals surface area (Å²) in [6, 6.07) is 8.43. The summed E-state index contributed by atoms with van der Waals surface area (Å²) < 4.78 is 29.5. The molecule has 0 amide bonds. The molecule has 5 rings (SSSR count). The molecule has 0 N–H and O–H groups in total. The second kappa shape index (κ2) is 6.73. The number of aryl methyl sites for hydroxylation is 1. The van der Waals surface area contributed by atoms with Crippen molar-refractivity contribution in [2.24, 2.45) is 5.92 Å². The number of nitrogens with zero attached hydrogens (tertiary/aromatic N) is 5. The first-order valence-electron chi connectivity index (χ1n) is 9.95. The third kappa shape index (κ3) is 2.76. The quantitative estimate of drug-likeness (QED) is 0.500. The molecule has 8 nitrogen and oxygen atoms in total. The fourth-order valence-corrected chi connectivity index (χ4v) is 5.67. The first-order chi connectivity index (χ1) is 14.4. The van der Waals surface area contributed by atoms with E-state index in [0.29, 0.717) is 35.5 Å². The Morgan fingerprint density at radius 1 is 1.10 bits per heavy atom. The Bertz CT molecular complexity index is 1390. The van der Waals surface area contributed by atoms with Crippen LogP contribution in [0.4, 0.5) is 0 Å².